The van der Waals surface area contributed by atoms with Crippen LogP contribution in [0, 0.1) is 5.41 Å². The van der Waals surface area contributed by atoms with Crippen LogP contribution in [-0.2, 0) is 0 Å². The van der Waals surface area contributed by atoms with Gasteiger partial charge in [0, 0.05) is 5.41 Å². The molecule has 0 nitrogen and oxygen atoms in total. The molecular formula is C17H26. The Morgan fingerprint density at radius 1 is 1.12 bits per heavy atom. The van der Waals surface area contributed by atoms with Gasteiger partial charge in [-0.25, -0.2) is 0 Å². The van der Waals surface area contributed by atoms with E-state index in [2.05, 4.69) is 70.7 Å². The first kappa shape index (κ1) is 15.7. The Morgan fingerprint density at radius 2 is 1.76 bits per heavy atom. The first-order chi connectivity index (χ1) is 8.04. The molecule has 0 aromatic heterocycles. The minimum atomic E-state index is 0.0150. The lowest BCUT2D eigenvalue weighted by molar-refractivity contribution is 0.565. The number of rotatable bonds is 6. The predicted molar refractivity (Wildman–Crippen MR) is 80.1 cm³/mol. The third kappa shape index (κ3) is 4.60. The highest BCUT2D eigenvalue weighted by Gasteiger charge is 2.23. The third-order valence-corrected chi connectivity index (χ3v) is 2.93. The van der Waals surface area contributed by atoms with Crippen LogP contribution in [0.4, 0.5) is 0 Å². The number of hydrogen-bond acceptors (Lipinski definition) is 0. The normalized spacial score (nSPS) is 14.9. The second-order valence-corrected chi connectivity index (χ2v) is 4.54. The summed E-state index contributed by atoms with van der Waals surface area (Å²) >= 11 is 0. The Hall–Kier alpha value is -1.30. The van der Waals surface area contributed by atoms with Crippen LogP contribution in [0.3, 0.4) is 0 Å². The largest absolute Gasteiger partial charge is 0.0991 e. The van der Waals surface area contributed by atoms with E-state index in [1.54, 1.807) is 0 Å². The maximum absolute atomic E-state index is 3.80. The van der Waals surface area contributed by atoms with Crippen LogP contribution in [0.5, 0.6) is 0 Å². The Morgan fingerprint density at radius 3 is 2.18 bits per heavy atom. The van der Waals surface area contributed by atoms with Gasteiger partial charge in [-0.15, -0.1) is 0 Å². The van der Waals surface area contributed by atoms with Crippen molar-refractivity contribution in [1.29, 1.82) is 0 Å². The van der Waals surface area contributed by atoms with Crippen molar-refractivity contribution in [2.45, 2.75) is 41.0 Å². The summed E-state index contributed by atoms with van der Waals surface area (Å²) in [6.45, 7) is 14.6. The highest BCUT2D eigenvalue weighted by atomic mass is 14.3. The van der Waals surface area contributed by atoms with Crippen molar-refractivity contribution in [3.8, 4) is 0 Å². The molecule has 0 atom stereocenters. The predicted octanol–water partition coefficient (Wildman–Crippen LogP) is 5.61. The molecule has 17 heavy (non-hydrogen) atoms. The molecule has 0 saturated carbocycles. The molecule has 0 aliphatic heterocycles. The molecule has 0 saturated heterocycles. The van der Waals surface area contributed by atoms with Crippen molar-refractivity contribution in [1.82, 2.24) is 0 Å². The van der Waals surface area contributed by atoms with E-state index in [9.17, 15) is 0 Å². The molecule has 0 N–H and O–H groups in total. The zero-order valence-corrected chi connectivity index (χ0v) is 12.0. The van der Waals surface area contributed by atoms with Crippen molar-refractivity contribution in [3.63, 3.8) is 0 Å². The Bertz CT molecular complexity index is 346. The van der Waals surface area contributed by atoms with Crippen LogP contribution in [0.25, 0.3) is 0 Å². The van der Waals surface area contributed by atoms with Crippen molar-refractivity contribution < 1.29 is 0 Å². The summed E-state index contributed by atoms with van der Waals surface area (Å²) in [4.78, 5) is 0. The SMILES string of the molecule is C=C/C=C(\C=C/C)C(C)(C)C(/C=C\CC)=C/C. The molecule has 0 aliphatic carbocycles. The first-order valence-electron chi connectivity index (χ1n) is 6.33. The van der Waals surface area contributed by atoms with E-state index in [1.807, 2.05) is 13.0 Å². The van der Waals surface area contributed by atoms with Gasteiger partial charge in [0.15, 0.2) is 0 Å². The molecule has 0 amide bonds. The third-order valence-electron chi connectivity index (χ3n) is 2.93. The summed E-state index contributed by atoms with van der Waals surface area (Å²) in [6, 6.07) is 0. The fraction of sp³-hybridized carbons (Fsp3) is 0.412. The molecule has 0 unspecified atom stereocenters. The van der Waals surface area contributed by atoms with Gasteiger partial charge in [-0.3, -0.25) is 0 Å². The average molecular weight is 230 g/mol. The molecule has 94 valence electrons. The van der Waals surface area contributed by atoms with Gasteiger partial charge in [0.1, 0.15) is 0 Å². The minimum Gasteiger partial charge on any atom is -0.0991 e. The maximum Gasteiger partial charge on any atom is 0.0143 e. The first-order valence-corrected chi connectivity index (χ1v) is 6.33. The Labute approximate surface area is 107 Å². The molecule has 0 aromatic rings. The zero-order valence-electron chi connectivity index (χ0n) is 12.0. The Balaban J connectivity index is 5.39. The molecule has 0 aromatic carbocycles. The fourth-order valence-corrected chi connectivity index (χ4v) is 1.86. The van der Waals surface area contributed by atoms with E-state index in [0.29, 0.717) is 0 Å². The standard InChI is InChI=1S/C17H26/c1-7-11-14-15(10-4)17(5,6)16(12-8-2)13-9-3/h8-14H,2,7H2,1,3-6H3/b13-9-,14-11-,15-10+,16-12+. The van der Waals surface area contributed by atoms with Gasteiger partial charge in [0.25, 0.3) is 0 Å². The molecule has 0 heterocycles. The topological polar surface area (TPSA) is 0 Å². The Kier molecular flexibility index (Phi) is 7.29. The van der Waals surface area contributed by atoms with Crippen LogP contribution in [0.15, 0.2) is 60.3 Å². The van der Waals surface area contributed by atoms with Gasteiger partial charge in [0.05, 0.1) is 0 Å². The van der Waals surface area contributed by atoms with E-state index in [1.165, 1.54) is 11.1 Å². The molecular weight excluding hydrogens is 204 g/mol. The van der Waals surface area contributed by atoms with Gasteiger partial charge >= 0.3 is 0 Å². The van der Waals surface area contributed by atoms with E-state index < -0.39 is 0 Å². The number of hydrogen-bond donors (Lipinski definition) is 0. The van der Waals surface area contributed by atoms with Crippen LogP contribution in [0.1, 0.15) is 41.0 Å². The van der Waals surface area contributed by atoms with Crippen LogP contribution in [-0.4, -0.2) is 0 Å². The molecule has 0 rings (SSSR count). The summed E-state index contributed by atoms with van der Waals surface area (Å²) in [5.74, 6) is 0. The zero-order chi connectivity index (χ0) is 13.3. The van der Waals surface area contributed by atoms with Gasteiger partial charge in [0.2, 0.25) is 0 Å². The quantitative estimate of drug-likeness (QED) is 0.520. The molecule has 0 aliphatic rings. The average Bonchev–Trinajstić information content (AvgIpc) is 2.29. The number of allylic oxidation sites excluding steroid dienone is 9. The van der Waals surface area contributed by atoms with Gasteiger partial charge in [-0.05, 0) is 31.4 Å². The highest BCUT2D eigenvalue weighted by Crippen LogP contribution is 2.36. The summed E-state index contributed by atoms with van der Waals surface area (Å²) in [6.07, 6.45) is 15.9. The van der Waals surface area contributed by atoms with E-state index in [4.69, 9.17) is 0 Å². The lowest BCUT2D eigenvalue weighted by Gasteiger charge is -2.28. The smallest absolute Gasteiger partial charge is 0.0143 e. The second kappa shape index (κ2) is 7.89. The van der Waals surface area contributed by atoms with Gasteiger partial charge in [-0.1, -0.05) is 69.9 Å². The van der Waals surface area contributed by atoms with E-state index in [0.717, 1.165) is 6.42 Å². The summed E-state index contributed by atoms with van der Waals surface area (Å²) < 4.78 is 0. The summed E-state index contributed by atoms with van der Waals surface area (Å²) in [5, 5.41) is 0. The van der Waals surface area contributed by atoms with Crippen molar-refractivity contribution in [2.75, 3.05) is 0 Å². The van der Waals surface area contributed by atoms with Crippen LogP contribution >= 0.6 is 0 Å². The second-order valence-electron chi connectivity index (χ2n) is 4.54. The minimum absolute atomic E-state index is 0.0150. The molecule has 0 spiro atoms. The lowest BCUT2D eigenvalue weighted by atomic mass is 9.76. The lowest BCUT2D eigenvalue weighted by Crippen LogP contribution is -2.16. The molecule has 0 heteroatoms. The molecule has 0 bridgehead atoms. The molecule has 0 fully saturated rings. The van der Waals surface area contributed by atoms with Gasteiger partial charge < -0.3 is 0 Å². The highest BCUT2D eigenvalue weighted by molar-refractivity contribution is 5.41. The van der Waals surface area contributed by atoms with Crippen molar-refractivity contribution in [3.05, 3.63) is 60.3 Å². The fourth-order valence-electron chi connectivity index (χ4n) is 1.86. The summed E-state index contributed by atoms with van der Waals surface area (Å²) in [5.41, 5.74) is 2.63. The van der Waals surface area contributed by atoms with Crippen LogP contribution in [0.2, 0.25) is 0 Å². The van der Waals surface area contributed by atoms with E-state index >= 15 is 0 Å². The summed E-state index contributed by atoms with van der Waals surface area (Å²) in [7, 11) is 0. The van der Waals surface area contributed by atoms with Crippen molar-refractivity contribution >= 4 is 0 Å². The van der Waals surface area contributed by atoms with Crippen LogP contribution < -0.4 is 0 Å². The monoisotopic (exact) mass is 230 g/mol. The van der Waals surface area contributed by atoms with Crippen molar-refractivity contribution in [2.24, 2.45) is 5.41 Å². The van der Waals surface area contributed by atoms with Gasteiger partial charge in [-0.2, -0.15) is 0 Å². The maximum atomic E-state index is 3.80. The molecule has 0 radical (unpaired) electrons. The van der Waals surface area contributed by atoms with E-state index in [-0.39, 0.29) is 5.41 Å².